The van der Waals surface area contributed by atoms with Gasteiger partial charge in [-0.3, -0.25) is 15.1 Å². The SMILES string of the molecule is CCc1c(C(=O)Nc2nc(-c3cccnc3)cs2)cnn1-c1ccc(F)cc1. The molecule has 0 saturated carbocycles. The van der Waals surface area contributed by atoms with Crippen molar-refractivity contribution in [3.05, 3.63) is 77.4 Å². The van der Waals surface area contributed by atoms with E-state index >= 15 is 0 Å². The molecule has 0 atom stereocenters. The van der Waals surface area contributed by atoms with Gasteiger partial charge >= 0.3 is 0 Å². The Morgan fingerprint density at radius 1 is 1.21 bits per heavy atom. The molecule has 0 unspecified atom stereocenters. The number of anilines is 1. The molecule has 140 valence electrons. The molecule has 8 heteroatoms. The van der Waals surface area contributed by atoms with Gasteiger partial charge < -0.3 is 0 Å². The maximum Gasteiger partial charge on any atom is 0.260 e. The number of rotatable bonds is 5. The normalized spacial score (nSPS) is 10.8. The van der Waals surface area contributed by atoms with Crippen LogP contribution in [0.2, 0.25) is 0 Å². The fraction of sp³-hybridized carbons (Fsp3) is 0.100. The number of pyridine rings is 1. The molecule has 1 aromatic carbocycles. The van der Waals surface area contributed by atoms with Gasteiger partial charge in [0.05, 0.1) is 28.8 Å². The Labute approximate surface area is 164 Å². The van der Waals surface area contributed by atoms with E-state index in [0.717, 1.165) is 17.0 Å². The van der Waals surface area contributed by atoms with Crippen molar-refractivity contribution >= 4 is 22.4 Å². The third kappa shape index (κ3) is 3.54. The van der Waals surface area contributed by atoms with Crippen LogP contribution in [0.3, 0.4) is 0 Å². The highest BCUT2D eigenvalue weighted by Crippen LogP contribution is 2.25. The van der Waals surface area contributed by atoms with Gasteiger partial charge in [-0.15, -0.1) is 11.3 Å². The molecule has 0 aliphatic rings. The van der Waals surface area contributed by atoms with Gasteiger partial charge in [-0.1, -0.05) is 6.92 Å². The minimum atomic E-state index is -0.319. The average molecular weight is 393 g/mol. The van der Waals surface area contributed by atoms with Crippen LogP contribution in [0, 0.1) is 5.82 Å². The second-order valence-corrected chi connectivity index (χ2v) is 6.84. The predicted molar refractivity (Wildman–Crippen MR) is 106 cm³/mol. The highest BCUT2D eigenvalue weighted by atomic mass is 32.1. The van der Waals surface area contributed by atoms with Crippen LogP contribution >= 0.6 is 11.3 Å². The van der Waals surface area contributed by atoms with Crippen molar-refractivity contribution in [3.63, 3.8) is 0 Å². The Bertz CT molecular complexity index is 1110. The first-order valence-electron chi connectivity index (χ1n) is 8.66. The van der Waals surface area contributed by atoms with Crippen molar-refractivity contribution in [3.8, 4) is 16.9 Å². The van der Waals surface area contributed by atoms with Crippen LogP contribution in [-0.2, 0) is 6.42 Å². The predicted octanol–water partition coefficient (Wildman–Crippen LogP) is 4.34. The summed E-state index contributed by atoms with van der Waals surface area (Å²) in [5, 5.41) is 9.51. The Kier molecular flexibility index (Phi) is 4.94. The zero-order valence-electron chi connectivity index (χ0n) is 15.0. The van der Waals surface area contributed by atoms with Gasteiger partial charge in [-0.05, 0) is 42.8 Å². The van der Waals surface area contributed by atoms with Crippen LogP contribution in [0.4, 0.5) is 9.52 Å². The van der Waals surface area contributed by atoms with E-state index < -0.39 is 0 Å². The summed E-state index contributed by atoms with van der Waals surface area (Å²) >= 11 is 1.35. The van der Waals surface area contributed by atoms with Crippen molar-refractivity contribution in [2.45, 2.75) is 13.3 Å². The molecular formula is C20H16FN5OS. The van der Waals surface area contributed by atoms with Crippen LogP contribution in [-0.4, -0.2) is 25.7 Å². The molecule has 0 bridgehead atoms. The highest BCUT2D eigenvalue weighted by molar-refractivity contribution is 7.14. The third-order valence-corrected chi connectivity index (χ3v) is 4.96. The number of halogens is 1. The fourth-order valence-corrected chi connectivity index (χ4v) is 3.57. The Hall–Kier alpha value is -3.39. The van der Waals surface area contributed by atoms with Crippen molar-refractivity contribution in [2.24, 2.45) is 0 Å². The zero-order chi connectivity index (χ0) is 19.5. The van der Waals surface area contributed by atoms with E-state index in [1.165, 1.54) is 29.7 Å². The summed E-state index contributed by atoms with van der Waals surface area (Å²) in [6.07, 6.45) is 5.54. The molecule has 3 aromatic heterocycles. The maximum absolute atomic E-state index is 13.2. The number of carbonyl (C=O) groups is 1. The zero-order valence-corrected chi connectivity index (χ0v) is 15.8. The molecule has 1 amide bonds. The van der Waals surface area contributed by atoms with E-state index in [4.69, 9.17) is 0 Å². The smallest absolute Gasteiger partial charge is 0.260 e. The summed E-state index contributed by atoms with van der Waals surface area (Å²) in [6, 6.07) is 9.74. The van der Waals surface area contributed by atoms with E-state index in [2.05, 4.69) is 20.4 Å². The fourth-order valence-electron chi connectivity index (χ4n) is 2.85. The first-order valence-corrected chi connectivity index (χ1v) is 9.54. The summed E-state index contributed by atoms with van der Waals surface area (Å²) in [4.78, 5) is 21.3. The Balaban J connectivity index is 1.57. The summed E-state index contributed by atoms with van der Waals surface area (Å²) in [5.74, 6) is -0.600. The number of benzene rings is 1. The van der Waals surface area contributed by atoms with E-state index in [1.807, 2.05) is 24.4 Å². The lowest BCUT2D eigenvalue weighted by Gasteiger charge is -2.07. The minimum absolute atomic E-state index is 0.280. The Morgan fingerprint density at radius 3 is 2.75 bits per heavy atom. The molecule has 28 heavy (non-hydrogen) atoms. The van der Waals surface area contributed by atoms with Gasteiger partial charge in [0.15, 0.2) is 5.13 Å². The molecule has 4 rings (SSSR count). The molecule has 6 nitrogen and oxygen atoms in total. The molecule has 0 aliphatic carbocycles. The number of nitrogens with one attached hydrogen (secondary N) is 1. The monoisotopic (exact) mass is 393 g/mol. The molecule has 0 spiro atoms. The van der Waals surface area contributed by atoms with Crippen molar-refractivity contribution in [1.29, 1.82) is 0 Å². The first-order chi connectivity index (χ1) is 13.7. The number of thiazole rings is 1. The topological polar surface area (TPSA) is 72.7 Å². The maximum atomic E-state index is 13.2. The van der Waals surface area contributed by atoms with E-state index in [1.54, 1.807) is 29.2 Å². The van der Waals surface area contributed by atoms with Crippen LogP contribution in [0.5, 0.6) is 0 Å². The van der Waals surface area contributed by atoms with E-state index in [9.17, 15) is 9.18 Å². The first kappa shape index (κ1) is 18.0. The van der Waals surface area contributed by atoms with Gasteiger partial charge in [0.1, 0.15) is 5.82 Å². The lowest BCUT2D eigenvalue weighted by Crippen LogP contribution is -2.14. The van der Waals surface area contributed by atoms with Crippen molar-refractivity contribution in [1.82, 2.24) is 19.7 Å². The summed E-state index contributed by atoms with van der Waals surface area (Å²) in [7, 11) is 0. The van der Waals surface area contributed by atoms with Crippen LogP contribution < -0.4 is 5.32 Å². The van der Waals surface area contributed by atoms with Gasteiger partial charge in [0.25, 0.3) is 5.91 Å². The van der Waals surface area contributed by atoms with Crippen molar-refractivity contribution < 1.29 is 9.18 Å². The summed E-state index contributed by atoms with van der Waals surface area (Å²) < 4.78 is 14.8. The molecule has 0 aliphatic heterocycles. The van der Waals surface area contributed by atoms with Gasteiger partial charge in [-0.25, -0.2) is 14.1 Å². The second kappa shape index (κ2) is 7.69. The lowest BCUT2D eigenvalue weighted by atomic mass is 10.2. The molecular weight excluding hydrogens is 377 g/mol. The van der Waals surface area contributed by atoms with Gasteiger partial charge in [-0.2, -0.15) is 5.10 Å². The van der Waals surface area contributed by atoms with Crippen molar-refractivity contribution in [2.75, 3.05) is 5.32 Å². The molecule has 4 aromatic rings. The number of nitrogens with zero attached hydrogens (tertiary/aromatic N) is 4. The lowest BCUT2D eigenvalue weighted by molar-refractivity contribution is 0.102. The van der Waals surface area contributed by atoms with E-state index in [0.29, 0.717) is 22.8 Å². The Morgan fingerprint density at radius 2 is 2.04 bits per heavy atom. The number of aromatic nitrogens is 4. The number of amides is 1. The molecule has 0 fully saturated rings. The number of carbonyl (C=O) groups excluding carboxylic acids is 1. The second-order valence-electron chi connectivity index (χ2n) is 5.98. The van der Waals surface area contributed by atoms with Gasteiger partial charge in [0, 0.05) is 23.3 Å². The highest BCUT2D eigenvalue weighted by Gasteiger charge is 2.18. The molecule has 0 saturated heterocycles. The van der Waals surface area contributed by atoms with Crippen LogP contribution in [0.1, 0.15) is 23.0 Å². The number of hydrogen-bond donors (Lipinski definition) is 1. The number of hydrogen-bond acceptors (Lipinski definition) is 5. The quantitative estimate of drug-likeness (QED) is 0.547. The molecule has 0 radical (unpaired) electrons. The third-order valence-electron chi connectivity index (χ3n) is 4.20. The largest absolute Gasteiger partial charge is 0.298 e. The summed E-state index contributed by atoms with van der Waals surface area (Å²) in [5.41, 5.74) is 3.55. The van der Waals surface area contributed by atoms with Crippen LogP contribution in [0.15, 0.2) is 60.4 Å². The minimum Gasteiger partial charge on any atom is -0.298 e. The van der Waals surface area contributed by atoms with Crippen LogP contribution in [0.25, 0.3) is 16.9 Å². The molecule has 1 N–H and O–H groups in total. The standard InChI is InChI=1S/C20H16FN5OS/c1-2-18-16(11-23-26(18)15-7-5-14(21)6-8-15)19(27)25-20-24-17(12-28-20)13-4-3-9-22-10-13/h3-12H,2H2,1H3,(H,24,25,27). The van der Waals surface area contributed by atoms with Gasteiger partial charge in [0.2, 0.25) is 0 Å². The van der Waals surface area contributed by atoms with E-state index in [-0.39, 0.29) is 11.7 Å². The summed E-state index contributed by atoms with van der Waals surface area (Å²) in [6.45, 7) is 1.94. The molecule has 3 heterocycles. The average Bonchev–Trinajstić information content (AvgIpc) is 3.36.